The van der Waals surface area contributed by atoms with Crippen LogP contribution in [0.1, 0.15) is 27.2 Å². The molecule has 0 aliphatic carbocycles. The lowest BCUT2D eigenvalue weighted by Crippen LogP contribution is -2.28. The molecule has 0 amide bonds. The minimum absolute atomic E-state index is 0.212. The molecule has 0 heterocycles. The van der Waals surface area contributed by atoms with Crippen molar-refractivity contribution in [1.82, 2.24) is 5.32 Å². The summed E-state index contributed by atoms with van der Waals surface area (Å²) >= 11 is 0. The summed E-state index contributed by atoms with van der Waals surface area (Å²) in [5.74, 6) is 0.335. The molecule has 0 rings (SSSR count). The third-order valence-corrected chi connectivity index (χ3v) is 1.66. The molecule has 0 saturated heterocycles. The van der Waals surface area contributed by atoms with Crippen molar-refractivity contribution in [3.05, 3.63) is 0 Å². The van der Waals surface area contributed by atoms with Gasteiger partial charge < -0.3 is 14.8 Å². The molecule has 0 bridgehead atoms. The van der Waals surface area contributed by atoms with E-state index in [9.17, 15) is 4.79 Å². The Kier molecular flexibility index (Phi) is 9.52. The van der Waals surface area contributed by atoms with E-state index in [1.807, 2.05) is 6.92 Å². The minimum atomic E-state index is -0.212. The van der Waals surface area contributed by atoms with Gasteiger partial charge in [0.05, 0.1) is 13.2 Å². The molecule has 0 aromatic carbocycles. The summed E-state index contributed by atoms with van der Waals surface area (Å²) in [6, 6.07) is 0. The van der Waals surface area contributed by atoms with Gasteiger partial charge in [0.15, 0.2) is 0 Å². The maximum absolute atomic E-state index is 11.1. The van der Waals surface area contributed by atoms with Gasteiger partial charge in [0, 0.05) is 6.61 Å². The zero-order valence-electron chi connectivity index (χ0n) is 10.0. The molecule has 0 radical (unpaired) electrons. The summed E-state index contributed by atoms with van der Waals surface area (Å²) < 4.78 is 10.1. The van der Waals surface area contributed by atoms with Crippen LogP contribution in [0.5, 0.6) is 0 Å². The fourth-order valence-electron chi connectivity index (χ4n) is 0.975. The van der Waals surface area contributed by atoms with Crippen molar-refractivity contribution in [3.63, 3.8) is 0 Å². The minimum Gasteiger partial charge on any atom is -0.462 e. The fraction of sp³-hybridized carbons (Fsp3) is 0.909. The summed E-state index contributed by atoms with van der Waals surface area (Å²) in [4.78, 5) is 11.1. The molecule has 0 aromatic rings. The molecule has 1 N–H and O–H groups in total. The van der Waals surface area contributed by atoms with Gasteiger partial charge in [-0.05, 0) is 18.9 Å². The molecule has 15 heavy (non-hydrogen) atoms. The van der Waals surface area contributed by atoms with Gasteiger partial charge in [-0.25, -0.2) is 0 Å². The highest BCUT2D eigenvalue weighted by atomic mass is 16.6. The largest absolute Gasteiger partial charge is 0.462 e. The van der Waals surface area contributed by atoms with Crippen LogP contribution in [0, 0.1) is 5.92 Å². The van der Waals surface area contributed by atoms with Crippen molar-refractivity contribution in [2.75, 3.05) is 32.9 Å². The number of esters is 1. The Balaban J connectivity index is 3.19. The molecule has 0 aliphatic rings. The molecular formula is C11H23NO3. The van der Waals surface area contributed by atoms with Crippen LogP contribution in [0.15, 0.2) is 0 Å². The number of hydrogen-bond donors (Lipinski definition) is 1. The average Bonchev–Trinajstić information content (AvgIpc) is 2.17. The molecule has 0 spiro atoms. The second kappa shape index (κ2) is 9.93. The van der Waals surface area contributed by atoms with Gasteiger partial charge in [-0.3, -0.25) is 4.79 Å². The highest BCUT2D eigenvalue weighted by molar-refractivity contribution is 5.71. The van der Waals surface area contributed by atoms with E-state index in [0.717, 1.165) is 19.6 Å². The zero-order chi connectivity index (χ0) is 11.5. The lowest BCUT2D eigenvalue weighted by molar-refractivity contribution is -0.144. The number of nitrogens with one attached hydrogen (secondary N) is 1. The molecule has 4 heteroatoms. The Hall–Kier alpha value is -0.610. The third-order valence-electron chi connectivity index (χ3n) is 1.66. The van der Waals surface area contributed by atoms with Crippen molar-refractivity contribution in [3.8, 4) is 0 Å². The second-order valence-electron chi connectivity index (χ2n) is 3.86. The van der Waals surface area contributed by atoms with Crippen LogP contribution in [0.25, 0.3) is 0 Å². The number of rotatable bonds is 9. The van der Waals surface area contributed by atoms with E-state index in [4.69, 9.17) is 9.47 Å². The van der Waals surface area contributed by atoms with Gasteiger partial charge in [-0.15, -0.1) is 0 Å². The van der Waals surface area contributed by atoms with Crippen molar-refractivity contribution in [1.29, 1.82) is 0 Å². The summed E-state index contributed by atoms with van der Waals surface area (Å²) in [6.45, 7) is 8.91. The molecule has 0 saturated carbocycles. The summed E-state index contributed by atoms with van der Waals surface area (Å²) in [6.07, 6.45) is 0.990. The van der Waals surface area contributed by atoms with Crippen LogP contribution < -0.4 is 5.32 Å². The van der Waals surface area contributed by atoms with Gasteiger partial charge in [-0.2, -0.15) is 0 Å². The highest BCUT2D eigenvalue weighted by Gasteiger charge is 2.02. The first-order valence-electron chi connectivity index (χ1n) is 5.60. The predicted molar refractivity (Wildman–Crippen MR) is 59.8 cm³/mol. The van der Waals surface area contributed by atoms with E-state index < -0.39 is 0 Å². The first-order chi connectivity index (χ1) is 7.16. The molecular weight excluding hydrogens is 194 g/mol. The predicted octanol–water partition coefficient (Wildman–Crippen LogP) is 1.20. The van der Waals surface area contributed by atoms with Gasteiger partial charge in [-0.1, -0.05) is 20.8 Å². The van der Waals surface area contributed by atoms with E-state index >= 15 is 0 Å². The number of carbonyl (C=O) groups is 1. The standard InChI is InChI=1S/C11H23NO3/c1-4-5-14-6-7-15-11(13)9-12-8-10(2)3/h10,12H,4-9H2,1-3H3. The summed E-state index contributed by atoms with van der Waals surface area (Å²) in [5, 5.41) is 3.02. The van der Waals surface area contributed by atoms with E-state index in [-0.39, 0.29) is 12.5 Å². The van der Waals surface area contributed by atoms with Crippen LogP contribution in [0.2, 0.25) is 0 Å². The van der Waals surface area contributed by atoms with E-state index in [2.05, 4.69) is 19.2 Å². The topological polar surface area (TPSA) is 47.6 Å². The van der Waals surface area contributed by atoms with Crippen molar-refractivity contribution < 1.29 is 14.3 Å². The van der Waals surface area contributed by atoms with E-state index in [1.54, 1.807) is 0 Å². The smallest absolute Gasteiger partial charge is 0.320 e. The van der Waals surface area contributed by atoms with Crippen molar-refractivity contribution in [2.24, 2.45) is 5.92 Å². The lowest BCUT2D eigenvalue weighted by atomic mass is 10.2. The van der Waals surface area contributed by atoms with Crippen LogP contribution in [0.3, 0.4) is 0 Å². The van der Waals surface area contributed by atoms with E-state index in [0.29, 0.717) is 19.1 Å². The first-order valence-corrected chi connectivity index (χ1v) is 5.60. The monoisotopic (exact) mass is 217 g/mol. The SMILES string of the molecule is CCCOCCOC(=O)CNCC(C)C. The summed E-state index contributed by atoms with van der Waals surface area (Å²) in [5.41, 5.74) is 0. The second-order valence-corrected chi connectivity index (χ2v) is 3.86. The number of ether oxygens (including phenoxy) is 2. The Morgan fingerprint density at radius 2 is 2.00 bits per heavy atom. The Bertz CT molecular complexity index is 160. The molecule has 0 aliphatic heterocycles. The van der Waals surface area contributed by atoms with Gasteiger partial charge in [0.2, 0.25) is 0 Å². The lowest BCUT2D eigenvalue weighted by Gasteiger charge is -2.08. The molecule has 0 aromatic heterocycles. The normalized spacial score (nSPS) is 10.7. The average molecular weight is 217 g/mol. The van der Waals surface area contributed by atoms with Crippen LogP contribution in [-0.4, -0.2) is 38.9 Å². The molecule has 0 unspecified atom stereocenters. The molecule has 90 valence electrons. The van der Waals surface area contributed by atoms with Gasteiger partial charge >= 0.3 is 5.97 Å². The zero-order valence-corrected chi connectivity index (χ0v) is 10.0. The summed E-state index contributed by atoms with van der Waals surface area (Å²) in [7, 11) is 0. The van der Waals surface area contributed by atoms with Gasteiger partial charge in [0.25, 0.3) is 0 Å². The van der Waals surface area contributed by atoms with Crippen molar-refractivity contribution >= 4 is 5.97 Å². The molecule has 4 nitrogen and oxygen atoms in total. The van der Waals surface area contributed by atoms with Crippen LogP contribution >= 0.6 is 0 Å². The quantitative estimate of drug-likeness (QED) is 0.466. The number of hydrogen-bond acceptors (Lipinski definition) is 4. The van der Waals surface area contributed by atoms with Crippen molar-refractivity contribution in [2.45, 2.75) is 27.2 Å². The first kappa shape index (κ1) is 14.4. The maximum Gasteiger partial charge on any atom is 0.320 e. The fourth-order valence-corrected chi connectivity index (χ4v) is 0.975. The highest BCUT2D eigenvalue weighted by Crippen LogP contribution is 1.87. The Morgan fingerprint density at radius 3 is 2.60 bits per heavy atom. The Labute approximate surface area is 92.3 Å². The van der Waals surface area contributed by atoms with Crippen LogP contribution in [0.4, 0.5) is 0 Å². The van der Waals surface area contributed by atoms with Crippen LogP contribution in [-0.2, 0) is 14.3 Å². The molecule has 0 fully saturated rings. The Morgan fingerprint density at radius 1 is 1.27 bits per heavy atom. The third kappa shape index (κ3) is 11.3. The number of carbonyl (C=O) groups excluding carboxylic acids is 1. The maximum atomic E-state index is 11.1. The van der Waals surface area contributed by atoms with E-state index in [1.165, 1.54) is 0 Å². The molecule has 0 atom stereocenters. The van der Waals surface area contributed by atoms with Gasteiger partial charge in [0.1, 0.15) is 6.61 Å².